The third-order valence-electron chi connectivity index (χ3n) is 1.85. The van der Waals surface area contributed by atoms with E-state index in [-0.39, 0.29) is 11.8 Å². The second-order valence-electron chi connectivity index (χ2n) is 2.98. The second-order valence-corrected chi connectivity index (χ2v) is 2.98. The van der Waals surface area contributed by atoms with E-state index in [1.54, 1.807) is 0 Å². The monoisotopic (exact) mass is 197 g/mol. The molecule has 78 valence electrons. The molecule has 0 saturated carbocycles. The molecule has 1 aliphatic rings. The van der Waals surface area contributed by atoms with Crippen molar-refractivity contribution in [2.75, 3.05) is 24.6 Å². The van der Waals surface area contributed by atoms with Crippen LogP contribution in [-0.4, -0.2) is 18.1 Å². The highest BCUT2D eigenvalue weighted by Gasteiger charge is 1.96. The Morgan fingerprint density at radius 3 is 2.36 bits per heavy atom. The Morgan fingerprint density at radius 2 is 2.00 bits per heavy atom. The molecule has 5 N–H and O–H groups in total. The summed E-state index contributed by atoms with van der Waals surface area (Å²) in [5.41, 5.74) is 10.2. The minimum absolute atomic E-state index is 0.0579. The van der Waals surface area contributed by atoms with Crippen LogP contribution in [0.4, 0.5) is 11.8 Å². The van der Waals surface area contributed by atoms with Gasteiger partial charge in [-0.15, -0.1) is 4.98 Å². The second kappa shape index (κ2) is 5.23. The minimum Gasteiger partial charge on any atom is -0.754 e. The van der Waals surface area contributed by atoms with E-state index in [4.69, 9.17) is 11.5 Å². The van der Waals surface area contributed by atoms with Crippen molar-refractivity contribution >= 4 is 11.8 Å². The van der Waals surface area contributed by atoms with Gasteiger partial charge in [0.25, 0.3) is 0 Å². The van der Waals surface area contributed by atoms with Crippen LogP contribution in [0.3, 0.4) is 0 Å². The molecule has 2 rings (SSSR count). The fraction of sp³-hybridized carbons (Fsp3) is 0.500. The molecule has 2 heterocycles. The normalized spacial score (nSPS) is 14.6. The molecule has 1 aliphatic heterocycles. The zero-order valence-electron chi connectivity index (χ0n) is 7.94. The van der Waals surface area contributed by atoms with Crippen molar-refractivity contribution in [2.45, 2.75) is 12.8 Å². The van der Waals surface area contributed by atoms with Gasteiger partial charge in [-0.05, 0) is 25.9 Å². The molecular weight excluding hydrogens is 182 g/mol. The lowest BCUT2D eigenvalue weighted by Gasteiger charge is -2.06. The smallest absolute Gasteiger partial charge is 0.343 e. The maximum absolute atomic E-state index is 10.6. The van der Waals surface area contributed by atoms with Crippen molar-refractivity contribution in [3.8, 4) is 0 Å². The molecule has 0 amide bonds. The molecule has 0 aromatic carbocycles. The summed E-state index contributed by atoms with van der Waals surface area (Å²) in [6.07, 6.45) is 4.15. The van der Waals surface area contributed by atoms with Crippen LogP contribution in [-0.2, 0) is 0 Å². The average molecular weight is 197 g/mol. The summed E-state index contributed by atoms with van der Waals surface area (Å²) < 4.78 is 0.361. The zero-order chi connectivity index (χ0) is 10.4. The SMILES string of the molecule is C1CCNC1.Nc1ccnc(N)[n+]1[O-]. The standard InChI is InChI=1S/C4H6N4O.C4H9N/c5-3-1-2-7-4(6)8(3)9;1-2-4-5-3-1/h1-2H,5H2,(H2,6,7);5H,1-4H2. The quantitative estimate of drug-likeness (QED) is 0.375. The number of aromatic nitrogens is 2. The van der Waals surface area contributed by atoms with Crippen molar-refractivity contribution in [1.82, 2.24) is 10.3 Å². The van der Waals surface area contributed by atoms with E-state index < -0.39 is 0 Å². The first-order valence-corrected chi connectivity index (χ1v) is 4.52. The predicted molar refractivity (Wildman–Crippen MR) is 54.1 cm³/mol. The molecule has 0 radical (unpaired) electrons. The van der Waals surface area contributed by atoms with E-state index in [1.165, 1.54) is 38.2 Å². The minimum atomic E-state index is -0.130. The van der Waals surface area contributed by atoms with Gasteiger partial charge in [-0.2, -0.15) is 0 Å². The van der Waals surface area contributed by atoms with Crippen molar-refractivity contribution in [1.29, 1.82) is 0 Å². The highest BCUT2D eigenvalue weighted by Crippen LogP contribution is 1.91. The Balaban J connectivity index is 0.000000165. The molecule has 6 nitrogen and oxygen atoms in total. The number of nitrogens with zero attached hydrogens (tertiary/aromatic N) is 2. The topological polar surface area (TPSA) is 104 Å². The molecule has 1 fully saturated rings. The fourth-order valence-electron chi connectivity index (χ4n) is 1.07. The zero-order valence-corrected chi connectivity index (χ0v) is 7.94. The first-order chi connectivity index (χ1) is 6.72. The molecule has 1 saturated heterocycles. The first-order valence-electron chi connectivity index (χ1n) is 4.52. The van der Waals surface area contributed by atoms with Gasteiger partial charge in [0.2, 0.25) is 0 Å². The van der Waals surface area contributed by atoms with Gasteiger partial charge in [-0.1, -0.05) is 0 Å². The molecule has 14 heavy (non-hydrogen) atoms. The number of rotatable bonds is 0. The van der Waals surface area contributed by atoms with Gasteiger partial charge in [-0.25, -0.2) is 4.73 Å². The molecule has 1 aromatic rings. The van der Waals surface area contributed by atoms with Gasteiger partial charge in [-0.3, -0.25) is 0 Å². The van der Waals surface area contributed by atoms with E-state index >= 15 is 0 Å². The Hall–Kier alpha value is -1.56. The van der Waals surface area contributed by atoms with Crippen molar-refractivity contribution in [3.63, 3.8) is 0 Å². The van der Waals surface area contributed by atoms with Crippen LogP contribution in [0.15, 0.2) is 12.3 Å². The van der Waals surface area contributed by atoms with Crippen LogP contribution in [0, 0.1) is 5.21 Å². The van der Waals surface area contributed by atoms with Crippen molar-refractivity contribution < 1.29 is 4.73 Å². The van der Waals surface area contributed by atoms with E-state index in [2.05, 4.69) is 10.3 Å². The third kappa shape index (κ3) is 3.06. The van der Waals surface area contributed by atoms with Crippen LogP contribution in [0.25, 0.3) is 0 Å². The summed E-state index contributed by atoms with van der Waals surface area (Å²) in [7, 11) is 0. The summed E-state index contributed by atoms with van der Waals surface area (Å²) in [5.74, 6) is -0.0718. The number of nitrogen functional groups attached to an aromatic ring is 2. The number of hydrogen-bond acceptors (Lipinski definition) is 5. The fourth-order valence-corrected chi connectivity index (χ4v) is 1.07. The summed E-state index contributed by atoms with van der Waals surface area (Å²) in [4.78, 5) is 3.49. The number of anilines is 2. The van der Waals surface area contributed by atoms with Crippen molar-refractivity contribution in [2.24, 2.45) is 0 Å². The summed E-state index contributed by atoms with van der Waals surface area (Å²) in [6.45, 7) is 2.50. The molecular formula is C8H15N5O. The van der Waals surface area contributed by atoms with E-state index in [0.29, 0.717) is 4.73 Å². The van der Waals surface area contributed by atoms with Crippen LogP contribution in [0.2, 0.25) is 0 Å². The molecule has 0 unspecified atom stereocenters. The lowest BCUT2D eigenvalue weighted by Crippen LogP contribution is -2.34. The average Bonchev–Trinajstić information content (AvgIpc) is 2.72. The Morgan fingerprint density at radius 1 is 1.36 bits per heavy atom. The van der Waals surface area contributed by atoms with Gasteiger partial charge in [0.1, 0.15) is 0 Å². The van der Waals surface area contributed by atoms with Gasteiger partial charge in [0.15, 0.2) is 5.82 Å². The number of hydrogen-bond donors (Lipinski definition) is 3. The van der Waals surface area contributed by atoms with E-state index in [9.17, 15) is 5.21 Å². The van der Waals surface area contributed by atoms with E-state index in [1.807, 2.05) is 0 Å². The first kappa shape index (κ1) is 10.5. The highest BCUT2D eigenvalue weighted by atomic mass is 16.5. The molecule has 0 spiro atoms. The maximum Gasteiger partial charge on any atom is 0.343 e. The lowest BCUT2D eigenvalue weighted by atomic mass is 10.4. The third-order valence-corrected chi connectivity index (χ3v) is 1.85. The summed E-state index contributed by atoms with van der Waals surface area (Å²) in [5, 5.41) is 13.8. The van der Waals surface area contributed by atoms with E-state index in [0.717, 1.165) is 0 Å². The number of nitrogens with two attached hydrogens (primary N) is 2. The maximum atomic E-state index is 10.6. The highest BCUT2D eigenvalue weighted by molar-refractivity contribution is 5.22. The van der Waals surface area contributed by atoms with Crippen LogP contribution < -0.4 is 21.5 Å². The van der Waals surface area contributed by atoms with Crippen LogP contribution in [0.1, 0.15) is 12.8 Å². The van der Waals surface area contributed by atoms with Gasteiger partial charge in [0, 0.05) is 6.07 Å². The molecule has 0 bridgehead atoms. The molecule has 1 aromatic heterocycles. The largest absolute Gasteiger partial charge is 0.754 e. The Labute approximate surface area is 82.5 Å². The Bertz CT molecular complexity index is 259. The Kier molecular flexibility index (Phi) is 3.93. The van der Waals surface area contributed by atoms with Gasteiger partial charge < -0.3 is 22.0 Å². The predicted octanol–water partition coefficient (Wildman–Crippen LogP) is -0.751. The van der Waals surface area contributed by atoms with Crippen molar-refractivity contribution in [3.05, 3.63) is 17.5 Å². The lowest BCUT2D eigenvalue weighted by molar-refractivity contribution is -0.577. The van der Waals surface area contributed by atoms with Crippen LogP contribution >= 0.6 is 0 Å². The number of nitrogens with one attached hydrogen (secondary N) is 1. The molecule has 6 heteroatoms. The summed E-state index contributed by atoms with van der Waals surface area (Å²) in [6, 6.07) is 1.38. The molecule has 0 atom stereocenters. The molecule has 0 aliphatic carbocycles. The van der Waals surface area contributed by atoms with Gasteiger partial charge in [0.05, 0.1) is 6.20 Å². The van der Waals surface area contributed by atoms with Crippen LogP contribution in [0.5, 0.6) is 0 Å². The summed E-state index contributed by atoms with van der Waals surface area (Å²) >= 11 is 0. The van der Waals surface area contributed by atoms with Gasteiger partial charge >= 0.3 is 5.95 Å².